The van der Waals surface area contributed by atoms with Crippen molar-refractivity contribution in [2.75, 3.05) is 24.5 Å². The number of halogens is 1. The Bertz CT molecular complexity index is 1610. The second kappa shape index (κ2) is 13.4. The molecular formula is C33H39FN8O3. The molecule has 3 aliphatic rings. The van der Waals surface area contributed by atoms with Gasteiger partial charge in [-0.3, -0.25) is 14.4 Å². The number of fused-ring (bicyclic) bond motifs is 14. The van der Waals surface area contributed by atoms with Crippen LogP contribution in [0.1, 0.15) is 43.4 Å². The van der Waals surface area contributed by atoms with Crippen LogP contribution in [0.4, 0.5) is 10.1 Å². The van der Waals surface area contributed by atoms with Crippen LogP contribution >= 0.6 is 0 Å². The van der Waals surface area contributed by atoms with Gasteiger partial charge in [0.25, 0.3) is 0 Å². The largest absolute Gasteiger partial charge is 0.382 e. The Labute approximate surface area is 261 Å². The molecule has 0 saturated carbocycles. The van der Waals surface area contributed by atoms with Gasteiger partial charge in [0.2, 0.25) is 17.7 Å². The van der Waals surface area contributed by atoms with Crippen LogP contribution < -0.4 is 32.4 Å². The molecule has 3 heterocycles. The Morgan fingerprint density at radius 2 is 1.64 bits per heavy atom. The number of benzene rings is 3. The first-order valence-electron chi connectivity index (χ1n) is 15.0. The fourth-order valence-electron chi connectivity index (χ4n) is 5.60. The number of aryl methyl sites for hydroxylation is 1. The van der Waals surface area contributed by atoms with Crippen molar-refractivity contribution in [2.24, 2.45) is 16.7 Å². The van der Waals surface area contributed by atoms with E-state index in [4.69, 9.17) is 11.6 Å². The van der Waals surface area contributed by atoms with Crippen LogP contribution in [0.2, 0.25) is 0 Å². The van der Waals surface area contributed by atoms with Crippen molar-refractivity contribution in [1.82, 2.24) is 21.1 Å². The molecule has 0 radical (unpaired) electrons. The number of hydrogen-bond acceptors (Lipinski definition) is 8. The quantitative estimate of drug-likeness (QED) is 0.192. The van der Waals surface area contributed by atoms with Crippen molar-refractivity contribution >= 4 is 29.2 Å². The smallest absolute Gasteiger partial charge is 0.249 e. The first-order chi connectivity index (χ1) is 21.5. The van der Waals surface area contributed by atoms with Gasteiger partial charge in [0.05, 0.1) is 12.2 Å². The Morgan fingerprint density at radius 1 is 0.911 bits per heavy atom. The molecule has 3 aliphatic heterocycles. The summed E-state index contributed by atoms with van der Waals surface area (Å²) in [5.74, 6) is 4.65. The summed E-state index contributed by atoms with van der Waals surface area (Å²) >= 11 is 0. The zero-order valence-corrected chi connectivity index (χ0v) is 25.5. The lowest BCUT2D eigenvalue weighted by Crippen LogP contribution is -2.52. The average Bonchev–Trinajstić information content (AvgIpc) is 3.13. The number of carbonyl (C=O) groups is 3. The SMILES string of the molecule is CC1(C)CNC(=O)CN(N)/N=C(\N)c2ccccc2-c2ccc(cc2)CN2C(=O)[C@@H](CCc3cccc(F)c32)NC(=O)CCN1. The van der Waals surface area contributed by atoms with E-state index in [0.717, 1.165) is 21.8 Å². The van der Waals surface area contributed by atoms with Gasteiger partial charge in [-0.25, -0.2) is 15.4 Å². The molecule has 0 unspecified atom stereocenters. The van der Waals surface area contributed by atoms with Gasteiger partial charge in [0.15, 0.2) is 5.84 Å². The number of amides is 3. The number of rotatable bonds is 0. The molecule has 0 aromatic heterocycles. The number of nitrogens with one attached hydrogen (secondary N) is 3. The van der Waals surface area contributed by atoms with Crippen molar-refractivity contribution in [3.05, 3.63) is 89.2 Å². The lowest BCUT2D eigenvalue weighted by molar-refractivity contribution is -0.127. The lowest BCUT2D eigenvalue weighted by atomic mass is 9.98. The van der Waals surface area contributed by atoms with E-state index in [1.807, 2.05) is 68.4 Å². The van der Waals surface area contributed by atoms with Gasteiger partial charge in [0, 0.05) is 30.6 Å². The standard InChI is InChI=1S/C33H39FN8O3/c1-33(2)20-37-29(44)19-42(36)40-31(35)25-8-4-3-7-24(25)22-12-10-21(11-13-22)18-41-30-23(6-5-9-26(30)34)14-15-27(32(41)45)39-28(43)16-17-38-33/h3-13,27,38H,14-20,36H2,1-2H3,(H2,35,40)(H,37,44)(H,39,43)/t27-/m1/s1. The number of hydrazone groups is 1. The molecule has 11 nitrogen and oxygen atoms in total. The number of carbonyl (C=O) groups excluding carboxylic acids is 3. The number of hydrogen-bond donors (Lipinski definition) is 5. The highest BCUT2D eigenvalue weighted by Gasteiger charge is 2.33. The highest BCUT2D eigenvalue weighted by molar-refractivity contribution is 6.03. The molecule has 3 aromatic rings. The summed E-state index contributed by atoms with van der Waals surface area (Å²) in [7, 11) is 0. The maximum Gasteiger partial charge on any atom is 0.249 e. The molecule has 236 valence electrons. The monoisotopic (exact) mass is 614 g/mol. The molecule has 7 N–H and O–H groups in total. The minimum absolute atomic E-state index is 0.106. The van der Waals surface area contributed by atoms with Gasteiger partial charge in [-0.1, -0.05) is 60.7 Å². The van der Waals surface area contributed by atoms with Gasteiger partial charge < -0.3 is 26.6 Å². The molecule has 4 bridgehead atoms. The maximum atomic E-state index is 15.3. The first kappa shape index (κ1) is 31.6. The third kappa shape index (κ3) is 7.65. The van der Waals surface area contributed by atoms with E-state index >= 15 is 4.39 Å². The minimum Gasteiger partial charge on any atom is -0.382 e. The van der Waals surface area contributed by atoms with Gasteiger partial charge in [0.1, 0.15) is 18.4 Å². The number of nitrogens with zero attached hydrogens (tertiary/aromatic N) is 3. The fraction of sp³-hybridized carbons (Fsp3) is 0.333. The highest BCUT2D eigenvalue weighted by Crippen LogP contribution is 2.32. The van der Waals surface area contributed by atoms with Gasteiger partial charge >= 0.3 is 0 Å². The second-order valence-electron chi connectivity index (χ2n) is 12.0. The minimum atomic E-state index is -0.814. The van der Waals surface area contributed by atoms with E-state index in [1.54, 1.807) is 6.07 Å². The van der Waals surface area contributed by atoms with Crippen molar-refractivity contribution in [2.45, 2.75) is 51.2 Å². The van der Waals surface area contributed by atoms with Crippen LogP contribution in [-0.4, -0.2) is 59.9 Å². The van der Waals surface area contributed by atoms with Crippen molar-refractivity contribution in [1.29, 1.82) is 0 Å². The normalized spacial score (nSPS) is 21.0. The molecule has 12 heteroatoms. The van der Waals surface area contributed by atoms with Crippen LogP contribution in [0.3, 0.4) is 0 Å². The number of hydrazine groups is 1. The molecule has 3 aromatic carbocycles. The summed E-state index contributed by atoms with van der Waals surface area (Å²) in [6, 6.07) is 18.9. The average molecular weight is 615 g/mol. The molecule has 0 saturated heterocycles. The Hall–Kier alpha value is -4.81. The summed E-state index contributed by atoms with van der Waals surface area (Å²) in [5, 5.41) is 14.2. The van der Waals surface area contributed by atoms with E-state index in [0.29, 0.717) is 30.5 Å². The highest BCUT2D eigenvalue weighted by atomic mass is 19.1. The van der Waals surface area contributed by atoms with Gasteiger partial charge in [-0.2, -0.15) is 0 Å². The Kier molecular flexibility index (Phi) is 9.45. The predicted octanol–water partition coefficient (Wildman–Crippen LogP) is 2.14. The third-order valence-electron chi connectivity index (χ3n) is 7.98. The van der Waals surface area contributed by atoms with Crippen LogP contribution in [-0.2, 0) is 27.3 Å². The molecule has 1 atom stereocenters. The van der Waals surface area contributed by atoms with Gasteiger partial charge in [-0.15, -0.1) is 5.10 Å². The summed E-state index contributed by atoms with van der Waals surface area (Å²) in [4.78, 5) is 40.9. The number of amidine groups is 1. The maximum absolute atomic E-state index is 15.3. The lowest BCUT2D eigenvalue weighted by Gasteiger charge is -2.28. The van der Waals surface area contributed by atoms with Gasteiger partial charge in [-0.05, 0) is 55.0 Å². The van der Waals surface area contributed by atoms with Crippen LogP contribution in [0, 0.1) is 5.82 Å². The topological polar surface area (TPSA) is 158 Å². The predicted molar refractivity (Wildman–Crippen MR) is 171 cm³/mol. The third-order valence-corrected chi connectivity index (χ3v) is 7.98. The van der Waals surface area contributed by atoms with E-state index in [-0.39, 0.29) is 55.3 Å². The summed E-state index contributed by atoms with van der Waals surface area (Å²) in [5.41, 5.74) is 9.78. The fourth-order valence-corrected chi connectivity index (χ4v) is 5.60. The first-order valence-corrected chi connectivity index (χ1v) is 15.0. The van der Waals surface area contributed by atoms with Crippen LogP contribution in [0.5, 0.6) is 0 Å². The van der Waals surface area contributed by atoms with Crippen molar-refractivity contribution in [3.63, 3.8) is 0 Å². The zero-order chi connectivity index (χ0) is 32.1. The van der Waals surface area contributed by atoms with E-state index in [9.17, 15) is 14.4 Å². The number of nitrogens with two attached hydrogens (primary N) is 2. The molecule has 0 fully saturated rings. The number of para-hydroxylation sites is 1. The summed E-state index contributed by atoms with van der Waals surface area (Å²) < 4.78 is 15.3. The zero-order valence-electron chi connectivity index (χ0n) is 25.5. The number of anilines is 1. The van der Waals surface area contributed by atoms with Crippen LogP contribution in [0.15, 0.2) is 71.8 Å². The van der Waals surface area contributed by atoms with E-state index in [2.05, 4.69) is 21.1 Å². The van der Waals surface area contributed by atoms with Crippen molar-refractivity contribution < 1.29 is 18.8 Å². The Balaban J connectivity index is 1.51. The van der Waals surface area contributed by atoms with E-state index in [1.165, 1.54) is 11.0 Å². The molecule has 3 amide bonds. The Morgan fingerprint density at radius 3 is 2.40 bits per heavy atom. The molecule has 0 spiro atoms. The second-order valence-corrected chi connectivity index (χ2v) is 12.0. The van der Waals surface area contributed by atoms with Crippen LogP contribution in [0.25, 0.3) is 11.1 Å². The molecule has 45 heavy (non-hydrogen) atoms. The molecular weight excluding hydrogens is 575 g/mol. The molecule has 0 aliphatic carbocycles. The summed E-state index contributed by atoms with van der Waals surface area (Å²) in [6.45, 7) is 4.26. The summed E-state index contributed by atoms with van der Waals surface area (Å²) in [6.07, 6.45) is 0.887. The van der Waals surface area contributed by atoms with E-state index < -0.39 is 17.4 Å². The molecule has 6 rings (SSSR count). The van der Waals surface area contributed by atoms with Crippen molar-refractivity contribution in [3.8, 4) is 11.1 Å².